The molecule has 1 aromatic rings. The van der Waals surface area contributed by atoms with Gasteiger partial charge in [-0.15, -0.1) is 6.42 Å². The van der Waals surface area contributed by atoms with Gasteiger partial charge in [-0.3, -0.25) is 4.79 Å². The third-order valence-electron chi connectivity index (χ3n) is 2.47. The van der Waals surface area contributed by atoms with E-state index in [2.05, 4.69) is 16.6 Å². The third-order valence-corrected chi connectivity index (χ3v) is 2.47. The number of carbonyl (C=O) groups is 1. The van der Waals surface area contributed by atoms with Crippen molar-refractivity contribution in [2.45, 2.75) is 13.0 Å². The number of carbonyl (C=O) groups excluding carboxylic acids is 1. The molecule has 0 aliphatic heterocycles. The molecule has 20 heavy (non-hydrogen) atoms. The van der Waals surface area contributed by atoms with E-state index in [1.54, 1.807) is 6.92 Å². The van der Waals surface area contributed by atoms with E-state index in [9.17, 15) is 13.6 Å². The van der Waals surface area contributed by atoms with E-state index < -0.39 is 17.5 Å². The van der Waals surface area contributed by atoms with Gasteiger partial charge in [-0.05, 0) is 19.1 Å². The highest BCUT2D eigenvalue weighted by Gasteiger charge is 2.16. The topological polar surface area (TPSA) is 50.4 Å². The lowest BCUT2D eigenvalue weighted by Crippen LogP contribution is -2.35. The number of halogens is 2. The molecule has 0 fully saturated rings. The zero-order valence-electron chi connectivity index (χ0n) is 11.3. The molecule has 0 bridgehead atoms. The zero-order valence-corrected chi connectivity index (χ0v) is 11.3. The van der Waals surface area contributed by atoms with E-state index in [1.807, 2.05) is 0 Å². The van der Waals surface area contributed by atoms with Gasteiger partial charge in [0, 0.05) is 18.7 Å². The van der Waals surface area contributed by atoms with Crippen LogP contribution in [-0.4, -0.2) is 32.2 Å². The molecular weight excluding hydrogens is 266 g/mol. The predicted molar refractivity (Wildman–Crippen MR) is 72.5 cm³/mol. The van der Waals surface area contributed by atoms with E-state index >= 15 is 0 Å². The molecule has 1 aromatic carbocycles. The normalized spacial score (nSPS) is 11.6. The molecule has 0 radical (unpaired) electrons. The molecule has 0 saturated carbocycles. The minimum Gasteiger partial charge on any atom is -0.383 e. The van der Waals surface area contributed by atoms with Gasteiger partial charge in [-0.25, -0.2) is 8.78 Å². The minimum absolute atomic E-state index is 0.00967. The van der Waals surface area contributed by atoms with Crippen molar-refractivity contribution < 1.29 is 18.3 Å². The number of ether oxygens (including phenoxy) is 1. The number of nitrogens with one attached hydrogen (secondary N) is 2. The molecule has 2 N–H and O–H groups in total. The monoisotopic (exact) mass is 282 g/mol. The van der Waals surface area contributed by atoms with Crippen molar-refractivity contribution in [1.82, 2.24) is 5.32 Å². The first kappa shape index (κ1) is 15.9. The zero-order chi connectivity index (χ0) is 15.1. The summed E-state index contributed by atoms with van der Waals surface area (Å²) in [6.07, 6.45) is 5.00. The first-order valence-corrected chi connectivity index (χ1v) is 5.95. The van der Waals surface area contributed by atoms with Gasteiger partial charge in [0.2, 0.25) is 0 Å². The van der Waals surface area contributed by atoms with Crippen molar-refractivity contribution >= 4 is 11.6 Å². The Balaban J connectivity index is 2.88. The summed E-state index contributed by atoms with van der Waals surface area (Å²) in [6, 6.07) is 1.64. The molecule has 0 aromatic heterocycles. The number of methoxy groups -OCH3 is 1. The Morgan fingerprint density at radius 3 is 2.55 bits per heavy atom. The number of benzene rings is 1. The molecule has 1 unspecified atom stereocenters. The average Bonchev–Trinajstić information content (AvgIpc) is 2.37. The molecule has 1 atom stereocenters. The Morgan fingerprint density at radius 1 is 1.45 bits per heavy atom. The van der Waals surface area contributed by atoms with Crippen molar-refractivity contribution in [3.05, 3.63) is 29.3 Å². The largest absolute Gasteiger partial charge is 0.383 e. The SMILES string of the molecule is C#CCNc1c(F)cc(C(=O)NC(C)COC)cc1F. The number of rotatable bonds is 6. The van der Waals surface area contributed by atoms with Gasteiger partial charge in [-0.1, -0.05) is 5.92 Å². The number of anilines is 1. The van der Waals surface area contributed by atoms with Crippen LogP contribution < -0.4 is 10.6 Å². The summed E-state index contributed by atoms with van der Waals surface area (Å²) in [5.74, 6) is -0.104. The maximum Gasteiger partial charge on any atom is 0.251 e. The lowest BCUT2D eigenvalue weighted by Gasteiger charge is -2.13. The van der Waals surface area contributed by atoms with Crippen molar-refractivity contribution in [3.8, 4) is 12.3 Å². The van der Waals surface area contributed by atoms with Crippen LogP contribution in [0.25, 0.3) is 0 Å². The smallest absolute Gasteiger partial charge is 0.251 e. The molecule has 0 aliphatic rings. The Kier molecular flexibility index (Phi) is 5.94. The summed E-state index contributed by atoms with van der Waals surface area (Å²) < 4.78 is 32.3. The number of hydrogen-bond acceptors (Lipinski definition) is 3. The van der Waals surface area contributed by atoms with Crippen LogP contribution in [0.4, 0.5) is 14.5 Å². The predicted octanol–water partition coefficient (Wildman–Crippen LogP) is 1.77. The summed E-state index contributed by atoms with van der Waals surface area (Å²) in [5, 5.41) is 4.98. The number of amides is 1. The van der Waals surface area contributed by atoms with Gasteiger partial charge in [0.15, 0.2) is 0 Å². The van der Waals surface area contributed by atoms with Gasteiger partial charge in [-0.2, -0.15) is 0 Å². The lowest BCUT2D eigenvalue weighted by atomic mass is 10.1. The summed E-state index contributed by atoms with van der Waals surface area (Å²) in [6.45, 7) is 2.01. The molecule has 0 aliphatic carbocycles. The summed E-state index contributed by atoms with van der Waals surface area (Å²) in [7, 11) is 1.49. The molecule has 108 valence electrons. The molecular formula is C14H16F2N2O2. The maximum absolute atomic E-state index is 13.7. The van der Waals surface area contributed by atoms with Crippen LogP contribution >= 0.6 is 0 Å². The van der Waals surface area contributed by atoms with E-state index in [4.69, 9.17) is 11.2 Å². The second-order valence-corrected chi connectivity index (χ2v) is 4.20. The highest BCUT2D eigenvalue weighted by molar-refractivity contribution is 5.94. The van der Waals surface area contributed by atoms with E-state index in [1.165, 1.54) is 7.11 Å². The fourth-order valence-corrected chi connectivity index (χ4v) is 1.61. The van der Waals surface area contributed by atoms with E-state index in [0.29, 0.717) is 6.61 Å². The maximum atomic E-state index is 13.7. The second-order valence-electron chi connectivity index (χ2n) is 4.20. The van der Waals surface area contributed by atoms with Gasteiger partial charge >= 0.3 is 0 Å². The fourth-order valence-electron chi connectivity index (χ4n) is 1.61. The molecule has 4 nitrogen and oxygen atoms in total. The molecule has 6 heteroatoms. The summed E-state index contributed by atoms with van der Waals surface area (Å²) in [5.41, 5.74) is -0.446. The van der Waals surface area contributed by atoms with Crippen LogP contribution in [0, 0.1) is 24.0 Å². The van der Waals surface area contributed by atoms with Crippen LogP contribution in [0.2, 0.25) is 0 Å². The fraction of sp³-hybridized carbons (Fsp3) is 0.357. The Labute approximate surface area is 116 Å². The first-order chi connectivity index (χ1) is 9.49. The highest BCUT2D eigenvalue weighted by atomic mass is 19.1. The van der Waals surface area contributed by atoms with Gasteiger partial charge in [0.25, 0.3) is 5.91 Å². The Hall–Kier alpha value is -2.13. The third kappa shape index (κ3) is 4.21. The molecule has 0 spiro atoms. The van der Waals surface area contributed by atoms with Crippen molar-refractivity contribution in [2.24, 2.45) is 0 Å². The van der Waals surface area contributed by atoms with E-state index in [0.717, 1.165) is 12.1 Å². The van der Waals surface area contributed by atoms with E-state index in [-0.39, 0.29) is 23.8 Å². The van der Waals surface area contributed by atoms with Crippen LogP contribution in [0.5, 0.6) is 0 Å². The van der Waals surface area contributed by atoms with Crippen molar-refractivity contribution in [2.75, 3.05) is 25.6 Å². The summed E-state index contributed by atoms with van der Waals surface area (Å²) >= 11 is 0. The molecule has 1 amide bonds. The van der Waals surface area contributed by atoms with Crippen LogP contribution in [-0.2, 0) is 4.74 Å². The summed E-state index contributed by atoms with van der Waals surface area (Å²) in [4.78, 5) is 11.8. The number of terminal acetylenes is 1. The Bertz CT molecular complexity index is 503. The Morgan fingerprint density at radius 2 is 2.05 bits per heavy atom. The van der Waals surface area contributed by atoms with Gasteiger partial charge < -0.3 is 15.4 Å². The standard InChI is InChI=1S/C14H16F2N2O2/c1-4-5-17-13-11(15)6-10(7-12(13)16)14(19)18-9(2)8-20-3/h1,6-7,9,17H,5,8H2,2-3H3,(H,18,19). The van der Waals surface area contributed by atoms with Crippen LogP contribution in [0.3, 0.4) is 0 Å². The lowest BCUT2D eigenvalue weighted by molar-refractivity contribution is 0.0904. The highest BCUT2D eigenvalue weighted by Crippen LogP contribution is 2.20. The second kappa shape index (κ2) is 7.46. The molecule has 0 heterocycles. The average molecular weight is 282 g/mol. The first-order valence-electron chi connectivity index (χ1n) is 5.95. The minimum atomic E-state index is -0.871. The quantitative estimate of drug-likeness (QED) is 0.782. The van der Waals surface area contributed by atoms with Gasteiger partial charge in [0.1, 0.15) is 17.3 Å². The van der Waals surface area contributed by atoms with Crippen molar-refractivity contribution in [1.29, 1.82) is 0 Å². The number of hydrogen-bond donors (Lipinski definition) is 2. The molecule has 1 rings (SSSR count). The van der Waals surface area contributed by atoms with Crippen LogP contribution in [0.15, 0.2) is 12.1 Å². The van der Waals surface area contributed by atoms with Crippen LogP contribution in [0.1, 0.15) is 17.3 Å². The molecule has 0 saturated heterocycles. The van der Waals surface area contributed by atoms with Gasteiger partial charge in [0.05, 0.1) is 13.2 Å². The van der Waals surface area contributed by atoms with Crippen molar-refractivity contribution in [3.63, 3.8) is 0 Å².